The fraction of sp³-hybridized carbons (Fsp3) is 0.0909. The Hall–Kier alpha value is -0.530. The molecule has 1 nitrogen and oxygen atoms in total. The zero-order chi connectivity index (χ0) is 13.3. The number of benzene rings is 1. The summed E-state index contributed by atoms with van der Waals surface area (Å²) < 4.78 is 41.2. The molecule has 0 aliphatic rings. The van der Waals surface area contributed by atoms with E-state index in [0.29, 0.717) is 12.1 Å². The van der Waals surface area contributed by atoms with Crippen LogP contribution in [0.5, 0.6) is 0 Å². The Kier molecular flexibility index (Phi) is 4.34. The normalized spacial score (nSPS) is 10.7. The summed E-state index contributed by atoms with van der Waals surface area (Å²) in [6, 6.07) is 3.12. The molecule has 0 saturated carbocycles. The SMILES string of the molecule is Fc1cc(F)c(NCc2cc(Br)c(Br)s2)c(F)c1. The van der Waals surface area contributed by atoms with Crippen LogP contribution in [-0.2, 0) is 6.54 Å². The van der Waals surface area contributed by atoms with Gasteiger partial charge in [0.15, 0.2) is 11.6 Å². The van der Waals surface area contributed by atoms with Gasteiger partial charge in [0.1, 0.15) is 11.5 Å². The zero-order valence-corrected chi connectivity index (χ0v) is 12.7. The second-order valence-corrected chi connectivity index (χ2v) is 6.74. The van der Waals surface area contributed by atoms with E-state index in [4.69, 9.17) is 0 Å². The van der Waals surface area contributed by atoms with Gasteiger partial charge >= 0.3 is 0 Å². The molecule has 2 rings (SSSR count). The minimum absolute atomic E-state index is 0.258. The van der Waals surface area contributed by atoms with Crippen LogP contribution in [0.15, 0.2) is 26.5 Å². The Labute approximate surface area is 122 Å². The molecule has 0 amide bonds. The highest BCUT2D eigenvalue weighted by Crippen LogP contribution is 2.33. The van der Waals surface area contributed by atoms with Crippen molar-refractivity contribution in [3.05, 3.63) is 48.8 Å². The lowest BCUT2D eigenvalue weighted by Crippen LogP contribution is -2.03. The molecule has 7 heteroatoms. The number of hydrogen-bond donors (Lipinski definition) is 1. The van der Waals surface area contributed by atoms with Crippen molar-refractivity contribution in [2.24, 2.45) is 0 Å². The zero-order valence-electron chi connectivity index (χ0n) is 8.74. The van der Waals surface area contributed by atoms with Gasteiger partial charge in [-0.25, -0.2) is 13.2 Å². The molecule has 0 fully saturated rings. The van der Waals surface area contributed by atoms with Crippen LogP contribution in [0, 0.1) is 17.5 Å². The minimum atomic E-state index is -0.942. The first kappa shape index (κ1) is 13.9. The van der Waals surface area contributed by atoms with Crippen molar-refractivity contribution in [2.45, 2.75) is 6.54 Å². The maximum atomic E-state index is 13.3. The molecule has 0 bridgehead atoms. The number of anilines is 1. The predicted octanol–water partition coefficient (Wildman–Crippen LogP) is 5.30. The van der Waals surface area contributed by atoms with E-state index in [1.165, 1.54) is 11.3 Å². The van der Waals surface area contributed by atoms with E-state index in [1.807, 2.05) is 6.07 Å². The molecule has 0 aliphatic carbocycles. The van der Waals surface area contributed by atoms with E-state index in [0.717, 1.165) is 13.1 Å². The van der Waals surface area contributed by atoms with Crippen LogP contribution in [0.2, 0.25) is 0 Å². The van der Waals surface area contributed by atoms with Gasteiger partial charge in [0, 0.05) is 28.0 Å². The standard InChI is InChI=1S/C11H6Br2F3NS/c12-7-3-6(18-11(7)13)4-17-10-8(15)1-5(14)2-9(10)16/h1-3,17H,4H2. The van der Waals surface area contributed by atoms with Gasteiger partial charge in [0.2, 0.25) is 0 Å². The molecule has 18 heavy (non-hydrogen) atoms. The van der Waals surface area contributed by atoms with Gasteiger partial charge in [-0.2, -0.15) is 0 Å². The molecule has 2 aromatic rings. The smallest absolute Gasteiger partial charge is 0.152 e. The highest BCUT2D eigenvalue weighted by Gasteiger charge is 2.12. The van der Waals surface area contributed by atoms with Crippen molar-refractivity contribution < 1.29 is 13.2 Å². The first-order chi connectivity index (χ1) is 8.47. The predicted molar refractivity (Wildman–Crippen MR) is 73.4 cm³/mol. The van der Waals surface area contributed by atoms with Crippen molar-refractivity contribution in [3.63, 3.8) is 0 Å². The number of halogens is 5. The summed E-state index contributed by atoms with van der Waals surface area (Å²) in [6.07, 6.45) is 0. The van der Waals surface area contributed by atoms with Crippen molar-refractivity contribution in [2.75, 3.05) is 5.32 Å². The number of rotatable bonds is 3. The van der Waals surface area contributed by atoms with E-state index in [1.54, 1.807) is 0 Å². The van der Waals surface area contributed by atoms with Crippen LogP contribution in [0.4, 0.5) is 18.9 Å². The fourth-order valence-electron chi connectivity index (χ4n) is 1.37. The lowest BCUT2D eigenvalue weighted by Gasteiger charge is -2.07. The Morgan fingerprint density at radius 1 is 1.06 bits per heavy atom. The Bertz CT molecular complexity index is 543. The van der Waals surface area contributed by atoms with E-state index in [2.05, 4.69) is 37.2 Å². The van der Waals surface area contributed by atoms with Crippen LogP contribution < -0.4 is 5.32 Å². The summed E-state index contributed by atoms with van der Waals surface area (Å²) in [6.45, 7) is 0.258. The Morgan fingerprint density at radius 3 is 2.17 bits per heavy atom. The van der Waals surface area contributed by atoms with Gasteiger partial charge < -0.3 is 5.32 Å². The lowest BCUT2D eigenvalue weighted by molar-refractivity contribution is 0.547. The molecule has 1 aromatic carbocycles. The third-order valence-electron chi connectivity index (χ3n) is 2.14. The second kappa shape index (κ2) is 5.63. The molecule has 1 aromatic heterocycles. The van der Waals surface area contributed by atoms with Gasteiger partial charge in [-0.3, -0.25) is 0 Å². The van der Waals surface area contributed by atoms with Gasteiger partial charge in [0.05, 0.1) is 3.79 Å². The molecule has 0 radical (unpaired) electrons. The van der Waals surface area contributed by atoms with Crippen molar-refractivity contribution in [1.29, 1.82) is 0 Å². The molecule has 0 spiro atoms. The summed E-state index contributed by atoms with van der Waals surface area (Å²) in [5, 5.41) is 2.62. The maximum absolute atomic E-state index is 13.3. The Balaban J connectivity index is 2.15. The summed E-state index contributed by atoms with van der Waals surface area (Å²) in [4.78, 5) is 0.886. The molecule has 96 valence electrons. The first-order valence-corrected chi connectivity index (χ1v) is 7.19. The molecular weight excluding hydrogens is 395 g/mol. The molecule has 0 unspecified atom stereocenters. The molecule has 1 heterocycles. The fourth-order valence-corrected chi connectivity index (χ4v) is 3.48. The van der Waals surface area contributed by atoms with Crippen LogP contribution >= 0.6 is 43.2 Å². The molecule has 1 N–H and O–H groups in total. The Morgan fingerprint density at radius 2 is 1.67 bits per heavy atom. The number of thiophene rings is 1. The van der Waals surface area contributed by atoms with Gasteiger partial charge in [0.25, 0.3) is 0 Å². The second-order valence-electron chi connectivity index (χ2n) is 3.43. The van der Waals surface area contributed by atoms with Crippen LogP contribution in [0.3, 0.4) is 0 Å². The van der Waals surface area contributed by atoms with E-state index in [9.17, 15) is 13.2 Å². The topological polar surface area (TPSA) is 12.0 Å². The number of nitrogens with one attached hydrogen (secondary N) is 1. The van der Waals surface area contributed by atoms with Crippen LogP contribution in [0.1, 0.15) is 4.88 Å². The van der Waals surface area contributed by atoms with Crippen LogP contribution in [-0.4, -0.2) is 0 Å². The summed E-state index contributed by atoms with van der Waals surface area (Å²) in [5.74, 6) is -2.82. The lowest BCUT2D eigenvalue weighted by atomic mass is 10.2. The van der Waals surface area contributed by atoms with Crippen molar-refractivity contribution >= 4 is 48.9 Å². The summed E-state index contributed by atoms with van der Waals surface area (Å²) in [5.41, 5.74) is -0.322. The largest absolute Gasteiger partial charge is 0.375 e. The van der Waals surface area contributed by atoms with E-state index < -0.39 is 17.5 Å². The minimum Gasteiger partial charge on any atom is -0.375 e. The quantitative estimate of drug-likeness (QED) is 0.736. The molecular formula is C11H6Br2F3NS. The average molecular weight is 401 g/mol. The number of hydrogen-bond acceptors (Lipinski definition) is 2. The molecule has 0 saturated heterocycles. The van der Waals surface area contributed by atoms with E-state index >= 15 is 0 Å². The summed E-state index contributed by atoms with van der Waals surface area (Å²) >= 11 is 8.08. The van der Waals surface area contributed by atoms with E-state index in [-0.39, 0.29) is 12.2 Å². The van der Waals surface area contributed by atoms with Gasteiger partial charge in [-0.1, -0.05) is 0 Å². The molecule has 0 aliphatic heterocycles. The third-order valence-corrected chi connectivity index (χ3v) is 5.40. The third kappa shape index (κ3) is 3.07. The molecule has 0 atom stereocenters. The highest BCUT2D eigenvalue weighted by molar-refractivity contribution is 9.13. The first-order valence-electron chi connectivity index (χ1n) is 4.79. The van der Waals surface area contributed by atoms with Crippen LogP contribution in [0.25, 0.3) is 0 Å². The van der Waals surface area contributed by atoms with Gasteiger partial charge in [-0.05, 0) is 37.9 Å². The van der Waals surface area contributed by atoms with Crippen molar-refractivity contribution in [1.82, 2.24) is 0 Å². The van der Waals surface area contributed by atoms with Crippen molar-refractivity contribution in [3.8, 4) is 0 Å². The summed E-state index contributed by atoms with van der Waals surface area (Å²) in [7, 11) is 0. The monoisotopic (exact) mass is 399 g/mol. The maximum Gasteiger partial charge on any atom is 0.152 e. The average Bonchev–Trinajstić information content (AvgIpc) is 2.56. The van der Waals surface area contributed by atoms with Gasteiger partial charge in [-0.15, -0.1) is 11.3 Å². The highest BCUT2D eigenvalue weighted by atomic mass is 79.9.